The Morgan fingerprint density at radius 2 is 1.59 bits per heavy atom. The molecule has 0 unspecified atom stereocenters. The first-order valence-corrected chi connectivity index (χ1v) is 10.4. The number of halogens is 2. The van der Waals surface area contributed by atoms with Crippen molar-refractivity contribution in [2.75, 3.05) is 28.6 Å². The van der Waals surface area contributed by atoms with Crippen molar-refractivity contribution in [3.8, 4) is 0 Å². The highest BCUT2D eigenvalue weighted by Gasteiger charge is 2.17. The van der Waals surface area contributed by atoms with Crippen molar-refractivity contribution in [2.24, 2.45) is 11.8 Å². The maximum atomic E-state index is 13.9. The molecule has 0 spiro atoms. The molecule has 2 aromatic carbocycles. The Hall–Kier alpha value is -3.42. The average molecular weight is 446 g/mol. The number of carbonyl (C=O) groups excluding carboxylic acids is 1. The largest absolute Gasteiger partial charge is 0.478 e. The molecule has 0 aliphatic rings. The summed E-state index contributed by atoms with van der Waals surface area (Å²) in [5.74, 6) is -2.01. The van der Waals surface area contributed by atoms with E-state index >= 15 is 0 Å². The predicted octanol–water partition coefficient (Wildman–Crippen LogP) is 5.83. The molecular formula is C24H29F2N3O3. The second-order valence-corrected chi connectivity index (χ2v) is 8.34. The lowest BCUT2D eigenvalue weighted by Gasteiger charge is -2.30. The van der Waals surface area contributed by atoms with Crippen molar-refractivity contribution in [3.63, 3.8) is 0 Å². The molecule has 0 saturated carbocycles. The second-order valence-electron chi connectivity index (χ2n) is 8.34. The van der Waals surface area contributed by atoms with Crippen LogP contribution in [0.25, 0.3) is 6.08 Å². The Balaban J connectivity index is 2.39. The van der Waals surface area contributed by atoms with E-state index in [1.54, 1.807) is 12.1 Å². The summed E-state index contributed by atoms with van der Waals surface area (Å²) in [7, 11) is 0. The van der Waals surface area contributed by atoms with E-state index in [4.69, 9.17) is 5.11 Å². The Morgan fingerprint density at radius 3 is 2.16 bits per heavy atom. The molecule has 0 aliphatic carbocycles. The molecule has 0 radical (unpaired) electrons. The summed E-state index contributed by atoms with van der Waals surface area (Å²) in [6.45, 7) is 9.85. The van der Waals surface area contributed by atoms with Gasteiger partial charge in [-0.2, -0.15) is 0 Å². The van der Waals surface area contributed by atoms with Crippen LogP contribution < -0.4 is 15.5 Å². The van der Waals surface area contributed by atoms with Crippen LogP contribution in [0.1, 0.15) is 33.3 Å². The molecule has 0 bridgehead atoms. The average Bonchev–Trinajstić information content (AvgIpc) is 2.67. The number of carbonyl (C=O) groups is 2. The summed E-state index contributed by atoms with van der Waals surface area (Å²) in [5, 5.41) is 14.0. The summed E-state index contributed by atoms with van der Waals surface area (Å²) in [4.78, 5) is 25.6. The summed E-state index contributed by atoms with van der Waals surface area (Å²) in [6.07, 6.45) is 2.43. The summed E-state index contributed by atoms with van der Waals surface area (Å²) < 4.78 is 27.1. The number of hydrogen-bond acceptors (Lipinski definition) is 3. The van der Waals surface area contributed by atoms with E-state index in [1.165, 1.54) is 6.08 Å². The van der Waals surface area contributed by atoms with Crippen LogP contribution in [0, 0.1) is 23.5 Å². The number of carboxylic acid groups (broad SMARTS) is 1. The third kappa shape index (κ3) is 7.68. The number of benzene rings is 2. The van der Waals surface area contributed by atoms with Crippen LogP contribution in [0.2, 0.25) is 0 Å². The van der Waals surface area contributed by atoms with E-state index in [9.17, 15) is 18.4 Å². The van der Waals surface area contributed by atoms with E-state index in [0.717, 1.165) is 37.0 Å². The van der Waals surface area contributed by atoms with Gasteiger partial charge in [0.25, 0.3) is 0 Å². The van der Waals surface area contributed by atoms with Crippen LogP contribution in [0.5, 0.6) is 0 Å². The zero-order valence-electron chi connectivity index (χ0n) is 18.7. The number of carboxylic acids is 1. The van der Waals surface area contributed by atoms with Crippen LogP contribution in [0.4, 0.5) is 30.6 Å². The molecule has 2 amide bonds. The van der Waals surface area contributed by atoms with Gasteiger partial charge in [0.15, 0.2) is 0 Å². The topological polar surface area (TPSA) is 81.7 Å². The van der Waals surface area contributed by atoms with Crippen molar-refractivity contribution < 1.29 is 23.5 Å². The van der Waals surface area contributed by atoms with E-state index < -0.39 is 23.6 Å². The molecule has 8 heteroatoms. The van der Waals surface area contributed by atoms with E-state index in [-0.39, 0.29) is 5.69 Å². The number of amides is 2. The number of nitrogens with one attached hydrogen (secondary N) is 2. The van der Waals surface area contributed by atoms with Crippen LogP contribution in [0.3, 0.4) is 0 Å². The standard InChI is InChI=1S/C24H29F2N3O3/c1-15(2)13-29(14-16(3)4)22-9-5-17(6-10-23(30)31)11-21(22)28-24(32)27-20-8-7-18(25)12-19(20)26/h5-12,15-16H,13-14H2,1-4H3,(H,30,31)(H2,27,28,32)/b10-6+. The quantitative estimate of drug-likeness (QED) is 0.425. The molecule has 0 heterocycles. The van der Waals surface area contributed by atoms with E-state index in [0.29, 0.717) is 29.2 Å². The molecule has 172 valence electrons. The summed E-state index contributed by atoms with van der Waals surface area (Å²) in [5.41, 5.74) is 1.62. The molecule has 0 aromatic heterocycles. The highest BCUT2D eigenvalue weighted by Crippen LogP contribution is 2.30. The monoisotopic (exact) mass is 445 g/mol. The van der Waals surface area contributed by atoms with Crippen molar-refractivity contribution in [1.29, 1.82) is 0 Å². The van der Waals surface area contributed by atoms with Crippen LogP contribution in [-0.4, -0.2) is 30.2 Å². The minimum Gasteiger partial charge on any atom is -0.478 e. The maximum Gasteiger partial charge on any atom is 0.328 e. The van der Waals surface area contributed by atoms with Gasteiger partial charge in [-0.1, -0.05) is 33.8 Å². The van der Waals surface area contributed by atoms with Crippen LogP contribution in [-0.2, 0) is 4.79 Å². The lowest BCUT2D eigenvalue weighted by atomic mass is 10.1. The second kappa shape index (κ2) is 11.3. The van der Waals surface area contributed by atoms with Gasteiger partial charge in [0.2, 0.25) is 0 Å². The SMILES string of the molecule is CC(C)CN(CC(C)C)c1ccc(/C=C/C(=O)O)cc1NC(=O)Nc1ccc(F)cc1F. The number of rotatable bonds is 9. The fourth-order valence-corrected chi connectivity index (χ4v) is 3.22. The van der Waals surface area contributed by atoms with Gasteiger partial charge in [0.1, 0.15) is 11.6 Å². The Kier molecular flexibility index (Phi) is 8.75. The number of urea groups is 1. The zero-order valence-corrected chi connectivity index (χ0v) is 18.7. The van der Waals surface area contributed by atoms with Gasteiger partial charge < -0.3 is 20.6 Å². The third-order valence-electron chi connectivity index (χ3n) is 4.38. The molecule has 3 N–H and O–H groups in total. The highest BCUT2D eigenvalue weighted by atomic mass is 19.1. The van der Waals surface area contributed by atoms with Gasteiger partial charge in [-0.3, -0.25) is 0 Å². The van der Waals surface area contributed by atoms with Gasteiger partial charge in [-0.05, 0) is 47.7 Å². The minimum atomic E-state index is -1.09. The first kappa shape index (κ1) is 24.8. The van der Waals surface area contributed by atoms with E-state index in [1.807, 2.05) is 6.07 Å². The molecule has 32 heavy (non-hydrogen) atoms. The first-order chi connectivity index (χ1) is 15.0. The van der Waals surface area contributed by atoms with Gasteiger partial charge in [-0.25, -0.2) is 18.4 Å². The molecule has 0 saturated heterocycles. The Morgan fingerprint density at radius 1 is 0.969 bits per heavy atom. The number of nitrogens with zero attached hydrogens (tertiary/aromatic N) is 1. The minimum absolute atomic E-state index is 0.159. The van der Waals surface area contributed by atoms with Crippen LogP contribution >= 0.6 is 0 Å². The van der Waals surface area contributed by atoms with Crippen molar-refractivity contribution in [1.82, 2.24) is 0 Å². The van der Waals surface area contributed by atoms with Gasteiger partial charge >= 0.3 is 12.0 Å². The molecule has 0 fully saturated rings. The van der Waals surface area contributed by atoms with Crippen molar-refractivity contribution >= 4 is 35.1 Å². The van der Waals surface area contributed by atoms with Crippen molar-refractivity contribution in [2.45, 2.75) is 27.7 Å². The molecule has 2 aromatic rings. The Labute approximate surface area is 186 Å². The molecule has 0 aliphatic heterocycles. The number of hydrogen-bond donors (Lipinski definition) is 3. The van der Waals surface area contributed by atoms with Gasteiger partial charge in [-0.15, -0.1) is 0 Å². The van der Waals surface area contributed by atoms with Gasteiger partial charge in [0.05, 0.1) is 17.1 Å². The smallest absolute Gasteiger partial charge is 0.328 e. The predicted molar refractivity (Wildman–Crippen MR) is 124 cm³/mol. The lowest BCUT2D eigenvalue weighted by Crippen LogP contribution is -2.32. The Bertz CT molecular complexity index is 980. The number of anilines is 3. The highest BCUT2D eigenvalue weighted by molar-refractivity contribution is 6.02. The normalized spacial score (nSPS) is 11.2. The zero-order chi connectivity index (χ0) is 23.8. The lowest BCUT2D eigenvalue weighted by molar-refractivity contribution is -0.131. The summed E-state index contributed by atoms with van der Waals surface area (Å²) in [6, 6.07) is 7.42. The first-order valence-electron chi connectivity index (χ1n) is 10.4. The number of aliphatic carboxylic acids is 1. The van der Waals surface area contributed by atoms with Gasteiger partial charge in [0, 0.05) is 25.2 Å². The molecule has 6 nitrogen and oxygen atoms in total. The third-order valence-corrected chi connectivity index (χ3v) is 4.38. The summed E-state index contributed by atoms with van der Waals surface area (Å²) >= 11 is 0. The van der Waals surface area contributed by atoms with Crippen LogP contribution in [0.15, 0.2) is 42.5 Å². The molecular weight excluding hydrogens is 416 g/mol. The maximum absolute atomic E-state index is 13.9. The fraction of sp³-hybridized carbons (Fsp3) is 0.333. The fourth-order valence-electron chi connectivity index (χ4n) is 3.22. The molecule has 0 atom stereocenters. The van der Waals surface area contributed by atoms with E-state index in [2.05, 4.69) is 43.2 Å². The molecule has 2 rings (SSSR count). The van der Waals surface area contributed by atoms with Crippen molar-refractivity contribution in [3.05, 3.63) is 59.7 Å².